The van der Waals surface area contributed by atoms with E-state index in [0.29, 0.717) is 12.3 Å². The number of rotatable bonds is 6. The van der Waals surface area contributed by atoms with Crippen molar-refractivity contribution in [3.8, 4) is 0 Å². The lowest BCUT2D eigenvalue weighted by Gasteiger charge is -2.31. The molecule has 7 heteroatoms. The molecular formula is C18H28N4O2S. The number of aryl methyl sites for hydroxylation is 1. The lowest BCUT2D eigenvalue weighted by atomic mass is 9.96. The van der Waals surface area contributed by atoms with Gasteiger partial charge in [-0.2, -0.15) is 0 Å². The number of thiazole rings is 1. The third kappa shape index (κ3) is 4.79. The maximum Gasteiger partial charge on any atom is 0.225 e. The molecule has 2 fully saturated rings. The number of piperidine rings is 1. The second kappa shape index (κ2) is 7.83. The van der Waals surface area contributed by atoms with Crippen LogP contribution in [0.25, 0.3) is 0 Å². The van der Waals surface area contributed by atoms with Gasteiger partial charge in [-0.05, 0) is 45.2 Å². The van der Waals surface area contributed by atoms with Crippen LogP contribution in [-0.4, -0.2) is 60.3 Å². The molecule has 1 N–H and O–H groups in total. The van der Waals surface area contributed by atoms with Crippen LogP contribution in [0.5, 0.6) is 0 Å². The summed E-state index contributed by atoms with van der Waals surface area (Å²) in [5.41, 5.74) is 1.17. The van der Waals surface area contributed by atoms with Crippen molar-refractivity contribution < 1.29 is 9.59 Å². The summed E-state index contributed by atoms with van der Waals surface area (Å²) in [5.74, 6) is 0.465. The molecule has 1 saturated carbocycles. The third-order valence-electron chi connectivity index (χ3n) is 5.21. The van der Waals surface area contributed by atoms with E-state index in [1.807, 2.05) is 6.92 Å². The summed E-state index contributed by atoms with van der Waals surface area (Å²) in [4.78, 5) is 32.6. The maximum absolute atomic E-state index is 12.2. The fourth-order valence-electron chi connectivity index (χ4n) is 3.52. The highest BCUT2D eigenvalue weighted by atomic mass is 32.1. The van der Waals surface area contributed by atoms with Gasteiger partial charge in [-0.3, -0.25) is 14.5 Å². The fraction of sp³-hybridized carbons (Fsp3) is 0.722. The molecule has 2 heterocycles. The van der Waals surface area contributed by atoms with Gasteiger partial charge in [0.05, 0.1) is 22.5 Å². The highest BCUT2D eigenvalue weighted by molar-refractivity contribution is 7.09. The summed E-state index contributed by atoms with van der Waals surface area (Å²) in [6.07, 6.45) is 2.91. The molecule has 2 aliphatic rings. The van der Waals surface area contributed by atoms with Crippen LogP contribution in [0, 0.1) is 24.7 Å². The van der Waals surface area contributed by atoms with Crippen LogP contribution in [0.3, 0.4) is 0 Å². The summed E-state index contributed by atoms with van der Waals surface area (Å²) < 4.78 is 0. The standard InChI is InChI=1S/C18H28N4O2S/c1-12-20-14(11-25-12)10-22-6-4-13(5-7-22)9-19-17(23)15-8-16(15)18(24)21(2)3/h11,13,15-16H,4-10H2,1-3H3,(H,19,23)/t15-,16+/m0/s1. The summed E-state index contributed by atoms with van der Waals surface area (Å²) in [6, 6.07) is 0. The van der Waals surface area contributed by atoms with Gasteiger partial charge in [0, 0.05) is 32.6 Å². The zero-order valence-electron chi connectivity index (χ0n) is 15.3. The maximum atomic E-state index is 12.2. The Labute approximate surface area is 153 Å². The number of aromatic nitrogens is 1. The lowest BCUT2D eigenvalue weighted by Crippen LogP contribution is -2.39. The molecule has 0 spiro atoms. The first kappa shape index (κ1) is 18.3. The fourth-order valence-corrected chi connectivity index (χ4v) is 4.13. The van der Waals surface area contributed by atoms with Crippen LogP contribution < -0.4 is 5.32 Å². The van der Waals surface area contributed by atoms with Gasteiger partial charge >= 0.3 is 0 Å². The molecule has 0 aromatic carbocycles. The normalized spacial score (nSPS) is 24.1. The largest absolute Gasteiger partial charge is 0.356 e. The van der Waals surface area contributed by atoms with Crippen molar-refractivity contribution in [3.63, 3.8) is 0 Å². The molecule has 2 amide bonds. The molecule has 6 nitrogen and oxygen atoms in total. The van der Waals surface area contributed by atoms with Crippen molar-refractivity contribution in [1.29, 1.82) is 0 Å². The number of carbonyl (C=O) groups is 2. The van der Waals surface area contributed by atoms with E-state index in [1.54, 1.807) is 30.3 Å². The van der Waals surface area contributed by atoms with Crippen LogP contribution in [0.4, 0.5) is 0 Å². The highest BCUT2D eigenvalue weighted by Crippen LogP contribution is 2.39. The van der Waals surface area contributed by atoms with E-state index in [-0.39, 0.29) is 23.7 Å². The van der Waals surface area contributed by atoms with E-state index in [1.165, 1.54) is 5.69 Å². The number of nitrogens with one attached hydrogen (secondary N) is 1. The SMILES string of the molecule is Cc1nc(CN2CCC(CNC(=O)[C@H]3C[C@H]3C(=O)N(C)C)CC2)cs1. The van der Waals surface area contributed by atoms with Crippen LogP contribution in [0.1, 0.15) is 30.0 Å². The molecular weight excluding hydrogens is 336 g/mol. The zero-order chi connectivity index (χ0) is 18.0. The van der Waals surface area contributed by atoms with Crippen molar-refractivity contribution in [1.82, 2.24) is 20.1 Å². The number of likely N-dealkylation sites (tertiary alicyclic amines) is 1. The average molecular weight is 365 g/mol. The predicted octanol–water partition coefficient (Wildman–Crippen LogP) is 1.50. The second-order valence-corrected chi connectivity index (χ2v) is 8.57. The molecule has 2 atom stereocenters. The molecule has 1 aromatic rings. The Bertz CT molecular complexity index is 622. The summed E-state index contributed by atoms with van der Waals surface area (Å²) in [7, 11) is 3.49. The van der Waals surface area contributed by atoms with Gasteiger partial charge in [-0.1, -0.05) is 0 Å². The number of hydrogen-bond acceptors (Lipinski definition) is 5. The first-order valence-electron chi connectivity index (χ1n) is 9.06. The van der Waals surface area contributed by atoms with Gasteiger partial charge in [-0.15, -0.1) is 11.3 Å². The van der Waals surface area contributed by atoms with Crippen LogP contribution in [0.15, 0.2) is 5.38 Å². The minimum absolute atomic E-state index is 0.0561. The Morgan fingerprint density at radius 2 is 2.04 bits per heavy atom. The van der Waals surface area contributed by atoms with Crippen LogP contribution >= 0.6 is 11.3 Å². The Balaban J connectivity index is 1.34. The Morgan fingerprint density at radius 3 is 2.64 bits per heavy atom. The lowest BCUT2D eigenvalue weighted by molar-refractivity contribution is -0.132. The third-order valence-corrected chi connectivity index (χ3v) is 6.03. The Morgan fingerprint density at radius 1 is 1.32 bits per heavy atom. The quantitative estimate of drug-likeness (QED) is 0.831. The second-order valence-electron chi connectivity index (χ2n) is 7.50. The molecule has 3 rings (SSSR count). The van der Waals surface area contributed by atoms with Crippen LogP contribution in [-0.2, 0) is 16.1 Å². The minimum atomic E-state index is -0.108. The Kier molecular flexibility index (Phi) is 5.74. The van der Waals surface area contributed by atoms with Gasteiger partial charge in [0.2, 0.25) is 11.8 Å². The summed E-state index contributed by atoms with van der Waals surface area (Å²) in [6.45, 7) is 5.83. The molecule has 1 aromatic heterocycles. The van der Waals surface area contributed by atoms with Gasteiger partial charge in [0.1, 0.15) is 0 Å². The molecule has 0 unspecified atom stereocenters. The number of carbonyl (C=O) groups excluding carboxylic acids is 2. The zero-order valence-corrected chi connectivity index (χ0v) is 16.1. The van der Waals surface area contributed by atoms with Gasteiger partial charge < -0.3 is 10.2 Å². The van der Waals surface area contributed by atoms with Crippen LogP contribution in [0.2, 0.25) is 0 Å². The topological polar surface area (TPSA) is 65.5 Å². The van der Waals surface area contributed by atoms with E-state index >= 15 is 0 Å². The Hall–Kier alpha value is -1.47. The van der Waals surface area contributed by atoms with Crippen molar-refractivity contribution in [2.75, 3.05) is 33.7 Å². The first-order chi connectivity index (χ1) is 11.9. The smallest absolute Gasteiger partial charge is 0.225 e. The van der Waals surface area contributed by atoms with E-state index in [0.717, 1.165) is 44.0 Å². The van der Waals surface area contributed by atoms with Crippen molar-refractivity contribution in [2.45, 2.75) is 32.7 Å². The number of hydrogen-bond donors (Lipinski definition) is 1. The molecule has 0 radical (unpaired) electrons. The van der Waals surface area contributed by atoms with Gasteiger partial charge in [-0.25, -0.2) is 4.98 Å². The molecule has 1 saturated heterocycles. The molecule has 1 aliphatic heterocycles. The summed E-state index contributed by atoms with van der Waals surface area (Å²) in [5, 5.41) is 6.33. The van der Waals surface area contributed by atoms with Gasteiger partial charge in [0.15, 0.2) is 0 Å². The monoisotopic (exact) mass is 364 g/mol. The average Bonchev–Trinajstić information content (AvgIpc) is 3.29. The van der Waals surface area contributed by atoms with E-state index in [4.69, 9.17) is 0 Å². The van der Waals surface area contributed by atoms with Gasteiger partial charge in [0.25, 0.3) is 0 Å². The molecule has 25 heavy (non-hydrogen) atoms. The molecule has 1 aliphatic carbocycles. The van der Waals surface area contributed by atoms with Crippen molar-refractivity contribution in [2.24, 2.45) is 17.8 Å². The first-order valence-corrected chi connectivity index (χ1v) is 9.94. The minimum Gasteiger partial charge on any atom is -0.356 e. The van der Waals surface area contributed by atoms with E-state index in [2.05, 4.69) is 20.6 Å². The molecule has 0 bridgehead atoms. The van der Waals surface area contributed by atoms with E-state index in [9.17, 15) is 9.59 Å². The van der Waals surface area contributed by atoms with E-state index < -0.39 is 0 Å². The number of nitrogens with zero attached hydrogens (tertiary/aromatic N) is 3. The summed E-state index contributed by atoms with van der Waals surface area (Å²) >= 11 is 1.71. The molecule has 138 valence electrons. The van der Waals surface area contributed by atoms with Crippen molar-refractivity contribution in [3.05, 3.63) is 16.1 Å². The number of amides is 2. The van der Waals surface area contributed by atoms with Crippen molar-refractivity contribution >= 4 is 23.2 Å². The highest BCUT2D eigenvalue weighted by Gasteiger charge is 2.48. The predicted molar refractivity (Wildman–Crippen MR) is 98.2 cm³/mol.